The van der Waals surface area contributed by atoms with Crippen LogP contribution < -0.4 is 5.32 Å². The van der Waals surface area contributed by atoms with Crippen molar-refractivity contribution in [3.05, 3.63) is 48.0 Å². The molecule has 108 valence electrons. The summed E-state index contributed by atoms with van der Waals surface area (Å²) < 4.78 is 0. The molecule has 3 heteroatoms. The number of nitrogens with one attached hydrogen (secondary N) is 1. The molecular formula is C18H20N2O. The van der Waals surface area contributed by atoms with E-state index in [4.69, 9.17) is 5.26 Å². The molecule has 0 bridgehead atoms. The molecule has 0 fully saturated rings. The Bertz CT molecular complexity index is 683. The molecule has 2 aromatic carbocycles. The summed E-state index contributed by atoms with van der Waals surface area (Å²) in [6.07, 6.45) is 1.02. The zero-order valence-electron chi connectivity index (χ0n) is 12.5. The van der Waals surface area contributed by atoms with Gasteiger partial charge in [-0.3, -0.25) is 4.79 Å². The Morgan fingerprint density at radius 2 is 1.90 bits per heavy atom. The number of carbonyl (C=O) groups excluding carboxylic acids is 1. The average molecular weight is 280 g/mol. The molecule has 0 aliphatic carbocycles. The lowest BCUT2D eigenvalue weighted by Crippen LogP contribution is -2.38. The van der Waals surface area contributed by atoms with E-state index >= 15 is 0 Å². The third-order valence-corrected chi connectivity index (χ3v) is 3.60. The number of nitrogens with zero attached hydrogens (tertiary/aromatic N) is 1. The minimum absolute atomic E-state index is 0.00842. The van der Waals surface area contributed by atoms with Gasteiger partial charge in [-0.2, -0.15) is 5.26 Å². The van der Waals surface area contributed by atoms with Gasteiger partial charge in [0.05, 0.1) is 12.5 Å². The Morgan fingerprint density at radius 3 is 2.62 bits per heavy atom. The van der Waals surface area contributed by atoms with E-state index in [1.54, 1.807) is 0 Å². The molecule has 0 spiro atoms. The van der Waals surface area contributed by atoms with Crippen LogP contribution in [0.3, 0.4) is 0 Å². The molecule has 0 aromatic heterocycles. The fraction of sp³-hybridized carbons (Fsp3) is 0.333. The summed E-state index contributed by atoms with van der Waals surface area (Å²) in [5.41, 5.74) is 0.659. The number of carbonyl (C=O) groups is 1. The number of amides is 1. The lowest BCUT2D eigenvalue weighted by molar-refractivity contribution is -0.129. The maximum Gasteiger partial charge on any atom is 0.226 e. The number of fused-ring (bicyclic) bond motifs is 1. The number of hydrogen-bond donors (Lipinski definition) is 1. The lowest BCUT2D eigenvalue weighted by atomic mass is 9.84. The van der Waals surface area contributed by atoms with Crippen LogP contribution in [0.4, 0.5) is 0 Å². The fourth-order valence-corrected chi connectivity index (χ4v) is 2.41. The van der Waals surface area contributed by atoms with Gasteiger partial charge in [-0.15, -0.1) is 0 Å². The third-order valence-electron chi connectivity index (χ3n) is 3.60. The lowest BCUT2D eigenvalue weighted by Gasteiger charge is -2.23. The van der Waals surface area contributed by atoms with E-state index in [0.717, 1.165) is 5.56 Å². The second-order valence-electron chi connectivity index (χ2n) is 5.91. The normalized spacial score (nSPS) is 11.1. The molecule has 0 saturated heterocycles. The van der Waals surface area contributed by atoms with Crippen molar-refractivity contribution in [2.75, 3.05) is 6.54 Å². The number of hydrogen-bond acceptors (Lipinski definition) is 2. The largest absolute Gasteiger partial charge is 0.355 e. The van der Waals surface area contributed by atoms with E-state index in [1.165, 1.54) is 10.8 Å². The second kappa shape index (κ2) is 6.41. The molecule has 1 N–H and O–H groups in total. The molecule has 3 nitrogen and oxygen atoms in total. The van der Waals surface area contributed by atoms with Crippen molar-refractivity contribution in [3.63, 3.8) is 0 Å². The number of nitriles is 1. The Balaban J connectivity index is 2.10. The third kappa shape index (κ3) is 3.82. The SMILES string of the molecule is CC(C)(Cc1ccc2ccccc2c1)C(=O)NCCC#N. The molecule has 2 aromatic rings. The Morgan fingerprint density at radius 1 is 1.19 bits per heavy atom. The van der Waals surface area contributed by atoms with E-state index in [0.29, 0.717) is 19.4 Å². The summed E-state index contributed by atoms with van der Waals surface area (Å²) in [5.74, 6) is -0.00842. The van der Waals surface area contributed by atoms with Crippen molar-refractivity contribution in [1.82, 2.24) is 5.32 Å². The molecule has 0 atom stereocenters. The minimum Gasteiger partial charge on any atom is -0.355 e. The van der Waals surface area contributed by atoms with Gasteiger partial charge in [-0.1, -0.05) is 56.3 Å². The highest BCUT2D eigenvalue weighted by molar-refractivity contribution is 5.84. The van der Waals surface area contributed by atoms with Crippen molar-refractivity contribution < 1.29 is 4.79 Å². The van der Waals surface area contributed by atoms with Crippen LogP contribution in [0.1, 0.15) is 25.8 Å². The number of benzene rings is 2. The Labute approximate surface area is 125 Å². The summed E-state index contributed by atoms with van der Waals surface area (Å²) in [6.45, 7) is 4.28. The standard InChI is InChI=1S/C18H20N2O/c1-18(2,17(21)20-11-5-10-19)13-14-8-9-15-6-3-4-7-16(15)12-14/h3-4,6-9,12H,5,11,13H2,1-2H3,(H,20,21). The van der Waals surface area contributed by atoms with E-state index in [2.05, 4.69) is 35.6 Å². The van der Waals surface area contributed by atoms with E-state index < -0.39 is 5.41 Å². The van der Waals surface area contributed by atoms with E-state index in [-0.39, 0.29) is 5.91 Å². The van der Waals surface area contributed by atoms with Gasteiger partial charge >= 0.3 is 0 Å². The van der Waals surface area contributed by atoms with Crippen molar-refractivity contribution in [3.8, 4) is 6.07 Å². The molecule has 0 aliphatic rings. The van der Waals surface area contributed by atoms with Crippen molar-refractivity contribution in [1.29, 1.82) is 5.26 Å². The van der Waals surface area contributed by atoms with Gasteiger partial charge in [-0.05, 0) is 22.8 Å². The van der Waals surface area contributed by atoms with Crippen LogP contribution in [0.2, 0.25) is 0 Å². The molecule has 0 saturated carbocycles. The summed E-state index contributed by atoms with van der Waals surface area (Å²) in [7, 11) is 0. The molecule has 1 amide bonds. The first-order valence-electron chi connectivity index (χ1n) is 7.16. The van der Waals surface area contributed by atoms with Crippen LogP contribution >= 0.6 is 0 Å². The van der Waals surface area contributed by atoms with Gasteiger partial charge < -0.3 is 5.32 Å². The molecule has 0 heterocycles. The molecule has 2 rings (SSSR count). The Hall–Kier alpha value is -2.34. The van der Waals surface area contributed by atoms with Crippen molar-refractivity contribution >= 4 is 16.7 Å². The number of rotatable bonds is 5. The maximum atomic E-state index is 12.2. The van der Waals surface area contributed by atoms with Crippen molar-refractivity contribution in [2.45, 2.75) is 26.7 Å². The predicted octanol–water partition coefficient (Wildman–Crippen LogP) is 3.44. The summed E-state index contributed by atoms with van der Waals surface area (Å²) >= 11 is 0. The fourth-order valence-electron chi connectivity index (χ4n) is 2.41. The van der Waals surface area contributed by atoms with Crippen molar-refractivity contribution in [2.24, 2.45) is 5.41 Å². The van der Waals surface area contributed by atoms with Crippen LogP contribution in [0, 0.1) is 16.7 Å². The van der Waals surface area contributed by atoms with Crippen LogP contribution in [0.25, 0.3) is 10.8 Å². The van der Waals surface area contributed by atoms with Crippen LogP contribution in [0.15, 0.2) is 42.5 Å². The molecular weight excluding hydrogens is 260 g/mol. The first kappa shape index (κ1) is 15.1. The molecule has 0 unspecified atom stereocenters. The van der Waals surface area contributed by atoms with E-state index in [9.17, 15) is 4.79 Å². The van der Waals surface area contributed by atoms with Gasteiger partial charge in [0.25, 0.3) is 0 Å². The molecule has 21 heavy (non-hydrogen) atoms. The van der Waals surface area contributed by atoms with Crippen LogP contribution in [-0.2, 0) is 11.2 Å². The first-order valence-corrected chi connectivity index (χ1v) is 7.16. The minimum atomic E-state index is -0.488. The zero-order chi connectivity index (χ0) is 15.3. The van der Waals surface area contributed by atoms with Gasteiger partial charge in [0.1, 0.15) is 0 Å². The Kier molecular flexibility index (Phi) is 4.59. The summed E-state index contributed by atoms with van der Waals surface area (Å²) in [4.78, 5) is 12.2. The maximum absolute atomic E-state index is 12.2. The smallest absolute Gasteiger partial charge is 0.226 e. The zero-order valence-corrected chi connectivity index (χ0v) is 12.5. The molecule has 0 aliphatic heterocycles. The average Bonchev–Trinajstić information content (AvgIpc) is 2.47. The van der Waals surface area contributed by atoms with Gasteiger partial charge in [0, 0.05) is 12.0 Å². The topological polar surface area (TPSA) is 52.9 Å². The highest BCUT2D eigenvalue weighted by Crippen LogP contribution is 2.24. The monoisotopic (exact) mass is 280 g/mol. The molecule has 0 radical (unpaired) electrons. The first-order chi connectivity index (χ1) is 10.0. The van der Waals surface area contributed by atoms with Gasteiger partial charge in [0.15, 0.2) is 0 Å². The van der Waals surface area contributed by atoms with Crippen LogP contribution in [-0.4, -0.2) is 12.5 Å². The van der Waals surface area contributed by atoms with Gasteiger partial charge in [0.2, 0.25) is 5.91 Å². The van der Waals surface area contributed by atoms with Gasteiger partial charge in [-0.25, -0.2) is 0 Å². The van der Waals surface area contributed by atoms with E-state index in [1.807, 2.05) is 32.0 Å². The summed E-state index contributed by atoms with van der Waals surface area (Å²) in [5, 5.41) is 13.7. The predicted molar refractivity (Wildman–Crippen MR) is 84.7 cm³/mol. The highest BCUT2D eigenvalue weighted by atomic mass is 16.2. The quantitative estimate of drug-likeness (QED) is 0.853. The summed E-state index contributed by atoms with van der Waals surface area (Å²) in [6, 6.07) is 16.5. The second-order valence-corrected chi connectivity index (χ2v) is 5.91. The highest BCUT2D eigenvalue weighted by Gasteiger charge is 2.27. The van der Waals surface area contributed by atoms with Crippen LogP contribution in [0.5, 0.6) is 0 Å².